The first-order valence-electron chi connectivity index (χ1n) is 8.19. The molecule has 2 fully saturated rings. The van der Waals surface area contributed by atoms with Gasteiger partial charge < -0.3 is 15.4 Å². The molecule has 128 valence electrons. The highest BCUT2D eigenvalue weighted by atomic mass is 35.5. The van der Waals surface area contributed by atoms with Crippen molar-refractivity contribution in [2.75, 3.05) is 18.4 Å². The van der Waals surface area contributed by atoms with E-state index in [1.807, 2.05) is 45.0 Å². The van der Waals surface area contributed by atoms with Crippen molar-refractivity contribution in [3.63, 3.8) is 0 Å². The highest BCUT2D eigenvalue weighted by Crippen LogP contribution is 2.58. The molecule has 1 aliphatic carbocycles. The Morgan fingerprint density at radius 1 is 1.22 bits per heavy atom. The lowest BCUT2D eigenvalue weighted by Gasteiger charge is -2.23. The lowest BCUT2D eigenvalue weighted by molar-refractivity contribution is -0.118. The summed E-state index contributed by atoms with van der Waals surface area (Å²) >= 11 is 0. The predicted octanol–water partition coefficient (Wildman–Crippen LogP) is 3.61. The molecular formula is C18H27ClN2O2. The van der Waals surface area contributed by atoms with Crippen LogP contribution in [-0.4, -0.2) is 24.6 Å². The number of halogens is 1. The van der Waals surface area contributed by atoms with Gasteiger partial charge in [0.2, 0.25) is 5.91 Å². The second kappa shape index (κ2) is 6.70. The van der Waals surface area contributed by atoms with Crippen molar-refractivity contribution in [1.29, 1.82) is 0 Å². The van der Waals surface area contributed by atoms with E-state index in [2.05, 4.69) is 10.6 Å². The number of benzene rings is 1. The van der Waals surface area contributed by atoms with Gasteiger partial charge in [-0.25, -0.2) is 0 Å². The normalized spacial score (nSPS) is 22.1. The second-order valence-electron chi connectivity index (χ2n) is 7.60. The number of hydrogen-bond donors (Lipinski definition) is 2. The third-order valence-electron chi connectivity index (χ3n) is 4.65. The Kier molecular flexibility index (Phi) is 5.27. The minimum absolute atomic E-state index is 0. The average molecular weight is 339 g/mol. The van der Waals surface area contributed by atoms with Gasteiger partial charge in [0, 0.05) is 11.6 Å². The quantitative estimate of drug-likeness (QED) is 0.885. The number of anilines is 1. The maximum atomic E-state index is 12.4. The summed E-state index contributed by atoms with van der Waals surface area (Å²) in [5, 5.41) is 6.42. The van der Waals surface area contributed by atoms with Gasteiger partial charge >= 0.3 is 0 Å². The molecule has 1 aliphatic heterocycles. The molecule has 1 saturated heterocycles. The van der Waals surface area contributed by atoms with E-state index in [1.165, 1.54) is 0 Å². The summed E-state index contributed by atoms with van der Waals surface area (Å²) in [7, 11) is 0. The van der Waals surface area contributed by atoms with Crippen LogP contribution in [0.5, 0.6) is 5.75 Å². The van der Waals surface area contributed by atoms with E-state index in [9.17, 15) is 4.79 Å². The number of carbonyl (C=O) groups is 1. The molecule has 1 saturated carbocycles. The summed E-state index contributed by atoms with van der Waals surface area (Å²) in [6, 6.07) is 7.65. The number of carbonyl (C=O) groups excluding carboxylic acids is 1. The van der Waals surface area contributed by atoms with Gasteiger partial charge in [-0.1, -0.05) is 0 Å². The van der Waals surface area contributed by atoms with Crippen molar-refractivity contribution in [1.82, 2.24) is 5.32 Å². The van der Waals surface area contributed by atoms with Crippen LogP contribution in [0.1, 0.15) is 40.0 Å². The molecule has 5 heteroatoms. The highest BCUT2D eigenvalue weighted by molar-refractivity contribution is 5.95. The average Bonchev–Trinajstić information content (AvgIpc) is 3.14. The van der Waals surface area contributed by atoms with Gasteiger partial charge in [-0.3, -0.25) is 4.79 Å². The monoisotopic (exact) mass is 338 g/mol. The largest absolute Gasteiger partial charge is 0.488 e. The molecule has 0 radical (unpaired) electrons. The van der Waals surface area contributed by atoms with Crippen LogP contribution in [0.15, 0.2) is 24.3 Å². The molecule has 0 aromatic heterocycles. The minimum Gasteiger partial charge on any atom is -0.488 e. The van der Waals surface area contributed by atoms with Crippen LogP contribution in [0.3, 0.4) is 0 Å². The van der Waals surface area contributed by atoms with Crippen LogP contribution in [-0.2, 0) is 4.79 Å². The van der Waals surface area contributed by atoms with Gasteiger partial charge in [0.1, 0.15) is 11.4 Å². The van der Waals surface area contributed by atoms with Crippen LogP contribution >= 0.6 is 12.4 Å². The first kappa shape index (κ1) is 18.1. The smallest absolute Gasteiger partial charge is 0.228 e. The topological polar surface area (TPSA) is 50.4 Å². The fraction of sp³-hybridized carbons (Fsp3) is 0.611. The van der Waals surface area contributed by atoms with Crippen molar-refractivity contribution in [2.45, 2.75) is 45.6 Å². The maximum Gasteiger partial charge on any atom is 0.228 e. The molecule has 2 N–H and O–H groups in total. The van der Waals surface area contributed by atoms with E-state index in [-0.39, 0.29) is 35.2 Å². The molecule has 1 aromatic carbocycles. The predicted molar refractivity (Wildman–Crippen MR) is 95.3 cm³/mol. The first-order chi connectivity index (χ1) is 10.4. The number of amides is 1. The summed E-state index contributed by atoms with van der Waals surface area (Å²) < 4.78 is 5.79. The Labute approximate surface area is 144 Å². The fourth-order valence-electron chi connectivity index (χ4n) is 3.38. The number of rotatable bonds is 3. The van der Waals surface area contributed by atoms with Gasteiger partial charge in [-0.05, 0) is 82.8 Å². The van der Waals surface area contributed by atoms with Gasteiger partial charge in [0.15, 0.2) is 0 Å². The molecule has 1 aromatic rings. The van der Waals surface area contributed by atoms with Gasteiger partial charge in [0.05, 0.1) is 0 Å². The Morgan fingerprint density at radius 3 is 2.39 bits per heavy atom. The van der Waals surface area contributed by atoms with Crippen LogP contribution in [0, 0.1) is 11.3 Å². The second-order valence-corrected chi connectivity index (χ2v) is 7.60. The van der Waals surface area contributed by atoms with Gasteiger partial charge in [0.25, 0.3) is 0 Å². The van der Waals surface area contributed by atoms with Crippen LogP contribution < -0.4 is 15.4 Å². The van der Waals surface area contributed by atoms with Gasteiger partial charge in [-0.15, -0.1) is 12.4 Å². The Morgan fingerprint density at radius 2 is 1.83 bits per heavy atom. The van der Waals surface area contributed by atoms with E-state index in [1.54, 1.807) is 0 Å². The third-order valence-corrected chi connectivity index (χ3v) is 4.65. The van der Waals surface area contributed by atoms with Crippen LogP contribution in [0.25, 0.3) is 0 Å². The molecule has 1 amide bonds. The lowest BCUT2D eigenvalue weighted by atomic mass is 9.92. The van der Waals surface area contributed by atoms with Crippen LogP contribution in [0.4, 0.5) is 5.69 Å². The Hall–Kier alpha value is -1.26. The van der Waals surface area contributed by atoms with E-state index < -0.39 is 0 Å². The SMILES string of the molecule is CC(C)(C)Oc1ccc(NC(=O)C2CC23CCNCC3)cc1.Cl. The van der Waals surface area contributed by atoms with Crippen molar-refractivity contribution >= 4 is 24.0 Å². The van der Waals surface area contributed by atoms with Crippen LogP contribution in [0.2, 0.25) is 0 Å². The fourth-order valence-corrected chi connectivity index (χ4v) is 3.38. The molecule has 1 unspecified atom stereocenters. The molecular weight excluding hydrogens is 312 g/mol. The standard InChI is InChI=1S/C18H26N2O2.ClH/c1-17(2,3)22-14-6-4-13(5-7-14)20-16(21)15-12-18(15)8-10-19-11-9-18;/h4-7,15,19H,8-12H2,1-3H3,(H,20,21);1H. The number of ether oxygens (including phenoxy) is 1. The zero-order valence-corrected chi connectivity index (χ0v) is 15.0. The number of piperidine rings is 1. The first-order valence-corrected chi connectivity index (χ1v) is 8.19. The minimum atomic E-state index is -0.208. The van der Waals surface area contributed by atoms with E-state index >= 15 is 0 Å². The third kappa shape index (κ3) is 4.39. The van der Waals surface area contributed by atoms with E-state index in [0.29, 0.717) is 0 Å². The zero-order chi connectivity index (χ0) is 15.8. The summed E-state index contributed by atoms with van der Waals surface area (Å²) in [4.78, 5) is 12.4. The summed E-state index contributed by atoms with van der Waals surface area (Å²) in [5.74, 6) is 1.19. The maximum absolute atomic E-state index is 12.4. The van der Waals surface area contributed by atoms with E-state index in [4.69, 9.17) is 4.74 Å². The lowest BCUT2D eigenvalue weighted by Crippen LogP contribution is -2.31. The van der Waals surface area contributed by atoms with Crippen molar-refractivity contribution < 1.29 is 9.53 Å². The zero-order valence-electron chi connectivity index (χ0n) is 14.1. The molecule has 23 heavy (non-hydrogen) atoms. The molecule has 3 rings (SSSR count). The van der Waals surface area contributed by atoms with Crippen molar-refractivity contribution in [2.24, 2.45) is 11.3 Å². The highest BCUT2D eigenvalue weighted by Gasteiger charge is 2.57. The Balaban J connectivity index is 0.00000192. The van der Waals surface area contributed by atoms with Crippen molar-refractivity contribution in [3.8, 4) is 5.75 Å². The molecule has 1 spiro atoms. The van der Waals surface area contributed by atoms with E-state index in [0.717, 1.165) is 43.8 Å². The van der Waals surface area contributed by atoms with Crippen molar-refractivity contribution in [3.05, 3.63) is 24.3 Å². The molecule has 2 aliphatic rings. The Bertz CT molecular complexity index is 545. The molecule has 4 nitrogen and oxygen atoms in total. The summed E-state index contributed by atoms with van der Waals surface area (Å²) in [6.07, 6.45) is 3.30. The number of hydrogen-bond acceptors (Lipinski definition) is 3. The molecule has 1 heterocycles. The van der Waals surface area contributed by atoms with Gasteiger partial charge in [-0.2, -0.15) is 0 Å². The number of nitrogens with one attached hydrogen (secondary N) is 2. The molecule has 0 bridgehead atoms. The molecule has 1 atom stereocenters. The summed E-state index contributed by atoms with van der Waals surface area (Å²) in [6.45, 7) is 8.15. The summed E-state index contributed by atoms with van der Waals surface area (Å²) in [5.41, 5.74) is 0.924.